The maximum atomic E-state index is 12.1. The molecule has 4 rings (SSSR count). The lowest BCUT2D eigenvalue weighted by molar-refractivity contribution is 0.0966. The zero-order valence-corrected chi connectivity index (χ0v) is 11.9. The maximum Gasteiger partial charge on any atom is 0.416 e. The van der Waals surface area contributed by atoms with E-state index in [2.05, 4.69) is 5.32 Å². The van der Waals surface area contributed by atoms with Crippen molar-refractivity contribution in [2.24, 2.45) is 0 Å². The second-order valence-corrected chi connectivity index (χ2v) is 5.41. The molecule has 0 radical (unpaired) electrons. The third-order valence-electron chi connectivity index (χ3n) is 4.07. The van der Waals surface area contributed by atoms with Crippen molar-refractivity contribution in [3.05, 3.63) is 53.6 Å². The first-order valence-electron chi connectivity index (χ1n) is 7.04. The van der Waals surface area contributed by atoms with Crippen molar-refractivity contribution in [1.82, 2.24) is 9.88 Å². The summed E-state index contributed by atoms with van der Waals surface area (Å²) in [6, 6.07) is 11.5. The van der Waals surface area contributed by atoms with Crippen LogP contribution in [0.4, 0.5) is 4.79 Å². The number of carbonyl (C=O) groups is 2. The minimum atomic E-state index is -1.14. The molecule has 6 nitrogen and oxygen atoms in total. The first kappa shape index (κ1) is 13.4. The van der Waals surface area contributed by atoms with Crippen LogP contribution in [0.15, 0.2) is 42.5 Å². The molecule has 0 fully saturated rings. The second-order valence-electron chi connectivity index (χ2n) is 5.41. The normalized spacial score (nSPS) is 13.1. The topological polar surface area (TPSA) is 91.6 Å². The van der Waals surface area contributed by atoms with Crippen molar-refractivity contribution in [3.63, 3.8) is 0 Å². The molecule has 0 saturated heterocycles. The van der Waals surface area contributed by atoms with E-state index in [-0.39, 0.29) is 11.7 Å². The number of phenols is 1. The van der Waals surface area contributed by atoms with Crippen LogP contribution in [-0.4, -0.2) is 26.8 Å². The van der Waals surface area contributed by atoms with Gasteiger partial charge in [-0.3, -0.25) is 4.79 Å². The number of fused-ring (bicyclic) bond motifs is 2. The fourth-order valence-electron chi connectivity index (χ4n) is 3.10. The highest BCUT2D eigenvalue weighted by molar-refractivity contribution is 6.06. The van der Waals surface area contributed by atoms with Gasteiger partial charge in [-0.1, -0.05) is 18.2 Å². The molecular weight excluding hydrogens is 296 g/mol. The second kappa shape index (κ2) is 4.61. The van der Waals surface area contributed by atoms with Gasteiger partial charge in [-0.15, -0.1) is 0 Å². The maximum absolute atomic E-state index is 12.1. The Balaban J connectivity index is 2.08. The number of carbonyl (C=O) groups excluding carboxylic acids is 1. The molecule has 2 aromatic carbocycles. The number of nitrogens with zero attached hydrogens (tertiary/aromatic N) is 1. The van der Waals surface area contributed by atoms with E-state index in [0.717, 1.165) is 10.1 Å². The van der Waals surface area contributed by atoms with Crippen LogP contribution < -0.4 is 5.32 Å². The number of phenolic OH excluding ortho intramolecular Hbond substituents is 1. The highest BCUT2D eigenvalue weighted by atomic mass is 16.4. The van der Waals surface area contributed by atoms with E-state index in [1.807, 2.05) is 6.07 Å². The number of aromatic nitrogens is 1. The van der Waals surface area contributed by atoms with Gasteiger partial charge in [-0.25, -0.2) is 9.36 Å². The Morgan fingerprint density at radius 1 is 1.17 bits per heavy atom. The summed E-state index contributed by atoms with van der Waals surface area (Å²) in [5.41, 5.74) is 2.78. The summed E-state index contributed by atoms with van der Waals surface area (Å²) in [5, 5.41) is 22.6. The highest BCUT2D eigenvalue weighted by Gasteiger charge is 2.26. The molecule has 23 heavy (non-hydrogen) atoms. The summed E-state index contributed by atoms with van der Waals surface area (Å²) in [4.78, 5) is 23.8. The molecule has 3 aromatic rings. The molecule has 2 heterocycles. The van der Waals surface area contributed by atoms with Crippen LogP contribution in [0.25, 0.3) is 22.2 Å². The average Bonchev–Trinajstić information content (AvgIpc) is 3.08. The minimum Gasteiger partial charge on any atom is -0.508 e. The molecule has 0 saturated carbocycles. The van der Waals surface area contributed by atoms with Gasteiger partial charge in [0.2, 0.25) is 0 Å². The van der Waals surface area contributed by atoms with Gasteiger partial charge < -0.3 is 15.5 Å². The van der Waals surface area contributed by atoms with Crippen molar-refractivity contribution in [1.29, 1.82) is 0 Å². The van der Waals surface area contributed by atoms with Crippen molar-refractivity contribution in [2.75, 3.05) is 0 Å². The number of carboxylic acid groups (broad SMARTS) is 1. The third kappa shape index (κ3) is 1.88. The third-order valence-corrected chi connectivity index (χ3v) is 4.07. The molecule has 1 aliphatic heterocycles. The van der Waals surface area contributed by atoms with Crippen LogP contribution in [-0.2, 0) is 6.54 Å². The Morgan fingerprint density at radius 3 is 2.78 bits per heavy atom. The number of benzene rings is 2. The minimum absolute atomic E-state index is 0.0580. The Hall–Kier alpha value is -3.28. The lowest BCUT2D eigenvalue weighted by Gasteiger charge is -2.09. The first-order chi connectivity index (χ1) is 11.1. The molecule has 0 atom stereocenters. The monoisotopic (exact) mass is 308 g/mol. The first-order valence-corrected chi connectivity index (χ1v) is 7.04. The van der Waals surface area contributed by atoms with Crippen LogP contribution in [0.1, 0.15) is 15.9 Å². The van der Waals surface area contributed by atoms with Gasteiger partial charge in [0.1, 0.15) is 5.75 Å². The largest absolute Gasteiger partial charge is 0.508 e. The van der Waals surface area contributed by atoms with Crippen LogP contribution >= 0.6 is 0 Å². The molecule has 0 aliphatic carbocycles. The lowest BCUT2D eigenvalue weighted by atomic mass is 10.0. The van der Waals surface area contributed by atoms with E-state index >= 15 is 0 Å². The number of rotatable bonds is 1. The predicted octanol–water partition coefficient (Wildman–Crippen LogP) is 2.78. The van der Waals surface area contributed by atoms with Crippen molar-refractivity contribution >= 4 is 22.9 Å². The van der Waals surface area contributed by atoms with Gasteiger partial charge in [-0.05, 0) is 29.8 Å². The zero-order chi connectivity index (χ0) is 16.1. The van der Waals surface area contributed by atoms with Crippen LogP contribution in [0.2, 0.25) is 0 Å². The molecule has 114 valence electrons. The van der Waals surface area contributed by atoms with E-state index in [4.69, 9.17) is 0 Å². The van der Waals surface area contributed by atoms with Crippen LogP contribution in [0.3, 0.4) is 0 Å². The van der Waals surface area contributed by atoms with E-state index in [9.17, 15) is 19.8 Å². The molecule has 0 unspecified atom stereocenters. The van der Waals surface area contributed by atoms with Gasteiger partial charge in [0, 0.05) is 17.5 Å². The molecule has 0 spiro atoms. The van der Waals surface area contributed by atoms with Gasteiger partial charge in [0.15, 0.2) is 0 Å². The van der Waals surface area contributed by atoms with E-state index in [0.29, 0.717) is 34.3 Å². The molecule has 0 bridgehead atoms. The van der Waals surface area contributed by atoms with E-state index in [1.54, 1.807) is 24.3 Å². The van der Waals surface area contributed by atoms with Crippen molar-refractivity contribution < 1.29 is 19.8 Å². The van der Waals surface area contributed by atoms with Crippen LogP contribution in [0, 0.1) is 0 Å². The summed E-state index contributed by atoms with van der Waals surface area (Å²) in [7, 11) is 0. The Morgan fingerprint density at radius 2 is 2.00 bits per heavy atom. The zero-order valence-electron chi connectivity index (χ0n) is 11.9. The summed E-state index contributed by atoms with van der Waals surface area (Å²) in [5.74, 6) is -0.150. The van der Waals surface area contributed by atoms with Crippen LogP contribution in [0.5, 0.6) is 5.75 Å². The molecule has 3 N–H and O–H groups in total. The highest BCUT2D eigenvalue weighted by Crippen LogP contribution is 2.34. The molecule has 1 aromatic heterocycles. The van der Waals surface area contributed by atoms with Gasteiger partial charge >= 0.3 is 6.09 Å². The van der Waals surface area contributed by atoms with Gasteiger partial charge in [-0.2, -0.15) is 0 Å². The van der Waals surface area contributed by atoms with Crippen molar-refractivity contribution in [3.8, 4) is 17.0 Å². The Bertz CT molecular complexity index is 988. The van der Waals surface area contributed by atoms with E-state index < -0.39 is 6.09 Å². The molecule has 6 heteroatoms. The number of hydrogen-bond donors (Lipinski definition) is 3. The summed E-state index contributed by atoms with van der Waals surface area (Å²) >= 11 is 0. The fourth-order valence-corrected chi connectivity index (χ4v) is 3.10. The summed E-state index contributed by atoms with van der Waals surface area (Å²) in [6.45, 7) is 0.441. The lowest BCUT2D eigenvalue weighted by Crippen LogP contribution is -2.14. The fraction of sp³-hybridized carbons (Fsp3) is 0.0588. The number of aromatic hydroxyl groups is 1. The van der Waals surface area contributed by atoms with Crippen molar-refractivity contribution in [2.45, 2.75) is 6.54 Å². The van der Waals surface area contributed by atoms with Gasteiger partial charge in [0.05, 0.1) is 16.8 Å². The smallest absolute Gasteiger partial charge is 0.416 e. The Kier molecular flexibility index (Phi) is 2.68. The predicted molar refractivity (Wildman–Crippen MR) is 83.6 cm³/mol. The summed E-state index contributed by atoms with van der Waals surface area (Å²) in [6.07, 6.45) is -1.14. The quantitative estimate of drug-likeness (QED) is 0.644. The Labute approximate surface area is 130 Å². The molecular formula is C17H12N2O4. The van der Waals surface area contributed by atoms with Gasteiger partial charge in [0.25, 0.3) is 5.91 Å². The number of amides is 1. The standard InChI is InChI=1S/C17H12N2O4/c20-11-4-5-13-10(6-11)7-14(19(13)17(22)23)12-3-1-2-9-8-18-16(21)15(9)12/h1-7,20H,8H2,(H,18,21)(H,22,23). The number of nitrogens with one attached hydrogen (secondary N) is 1. The number of hydrogen-bond acceptors (Lipinski definition) is 3. The summed E-state index contributed by atoms with van der Waals surface area (Å²) < 4.78 is 1.13. The molecule has 1 amide bonds. The average molecular weight is 308 g/mol. The van der Waals surface area contributed by atoms with E-state index in [1.165, 1.54) is 12.1 Å². The SMILES string of the molecule is O=C1NCc2cccc(-c3cc4cc(O)ccc4n3C(=O)O)c21. The molecule has 1 aliphatic rings.